The van der Waals surface area contributed by atoms with Crippen molar-refractivity contribution in [2.45, 2.75) is 167 Å². The topological polar surface area (TPSA) is 195 Å². The van der Waals surface area contributed by atoms with Crippen LogP contribution in [-0.2, 0) is 47.7 Å². The lowest BCUT2D eigenvalue weighted by Crippen LogP contribution is -2.64. The van der Waals surface area contributed by atoms with Gasteiger partial charge in [0.2, 0.25) is 5.79 Å². The largest absolute Gasteiger partial charge is 0.456 e. The predicted molar refractivity (Wildman–Crippen MR) is 213 cm³/mol. The molecule has 0 aromatic carbocycles. The minimum Gasteiger partial charge on any atom is -0.456 e. The summed E-state index contributed by atoms with van der Waals surface area (Å²) in [6, 6.07) is -1.17. The number of hydrogen-bond donors (Lipinski definition) is 3. The molecule has 14 heteroatoms. The van der Waals surface area contributed by atoms with Gasteiger partial charge in [0.05, 0.1) is 30.5 Å². The Kier molecular flexibility index (Phi) is 17.4. The summed E-state index contributed by atoms with van der Waals surface area (Å²) in [6.45, 7) is 10.4. The molecule has 1 saturated carbocycles. The fraction of sp³-hybridized carbons (Fsp3) is 0.795. The molecule has 14 unspecified atom stereocenters. The number of amides is 1. The lowest BCUT2D eigenvalue weighted by atomic mass is 9.81. The van der Waals surface area contributed by atoms with Crippen LogP contribution in [-0.4, -0.2) is 132 Å². The summed E-state index contributed by atoms with van der Waals surface area (Å²) in [5.41, 5.74) is 1.46. The van der Waals surface area contributed by atoms with Gasteiger partial charge in [0.25, 0.3) is 11.7 Å². The molecule has 2 saturated heterocycles. The summed E-state index contributed by atoms with van der Waals surface area (Å²) in [6.07, 6.45) is 1.97. The summed E-state index contributed by atoms with van der Waals surface area (Å²) < 4.78 is 29.7. The van der Waals surface area contributed by atoms with Crippen LogP contribution in [0.3, 0.4) is 0 Å². The average Bonchev–Trinajstić information content (AvgIpc) is 3.18. The number of cyclic esters (lactones) is 1. The van der Waals surface area contributed by atoms with Gasteiger partial charge in [0.1, 0.15) is 29.8 Å². The zero-order valence-electron chi connectivity index (χ0n) is 36.0. The highest BCUT2D eigenvalue weighted by Gasteiger charge is 2.56. The van der Waals surface area contributed by atoms with E-state index < -0.39 is 83.9 Å². The van der Waals surface area contributed by atoms with Gasteiger partial charge in [-0.3, -0.25) is 19.2 Å². The third-order valence-corrected chi connectivity index (χ3v) is 13.0. The quantitative estimate of drug-likeness (QED) is 0.189. The fourth-order valence-electron chi connectivity index (χ4n) is 9.53. The lowest BCUT2D eigenvalue weighted by Gasteiger charge is -2.47. The standard InChI is InChI=1S/C44H69NO13/c1-24-16-25(2)18-37(55-8)40-38(56-9)20-27(4)44(53,58-40)41(50)42(51)45-15-11-10-12-32(45)43(52)57-39(26(3)19-30-13-14-33(47)36(22-30)54-7)29(6)34(48)23-35(49)31(17-24)21-28(5)46/h17,19,25,27,29-34,36-40,47-48,53H,10-16,18,20-23H2,1-9H3/b24-17+,26-19?. The van der Waals surface area contributed by atoms with Crippen molar-refractivity contribution in [3.05, 3.63) is 23.3 Å². The van der Waals surface area contributed by atoms with Crippen LogP contribution in [0.15, 0.2) is 23.3 Å². The molecule has 3 fully saturated rings. The van der Waals surface area contributed by atoms with E-state index in [9.17, 15) is 39.3 Å². The van der Waals surface area contributed by atoms with Gasteiger partial charge in [-0.1, -0.05) is 38.5 Å². The van der Waals surface area contributed by atoms with Crippen LogP contribution in [0.25, 0.3) is 0 Å². The van der Waals surface area contributed by atoms with E-state index in [0.29, 0.717) is 50.5 Å². The van der Waals surface area contributed by atoms with E-state index in [1.54, 1.807) is 34.0 Å². The van der Waals surface area contributed by atoms with E-state index in [1.807, 2.05) is 19.9 Å². The van der Waals surface area contributed by atoms with Gasteiger partial charge >= 0.3 is 5.97 Å². The van der Waals surface area contributed by atoms with Crippen LogP contribution in [0.1, 0.15) is 112 Å². The second-order valence-electron chi connectivity index (χ2n) is 17.7. The number of piperidine rings is 1. The van der Waals surface area contributed by atoms with Crippen molar-refractivity contribution in [2.24, 2.45) is 29.6 Å². The van der Waals surface area contributed by atoms with Crippen LogP contribution in [0, 0.1) is 29.6 Å². The number of aliphatic hydroxyl groups is 3. The Balaban J connectivity index is 1.79. The van der Waals surface area contributed by atoms with Gasteiger partial charge < -0.3 is 43.9 Å². The lowest BCUT2D eigenvalue weighted by molar-refractivity contribution is -0.302. The highest BCUT2D eigenvalue weighted by Crippen LogP contribution is 2.39. The Morgan fingerprint density at radius 2 is 1.55 bits per heavy atom. The number of ether oxygens (including phenoxy) is 5. The minimum absolute atomic E-state index is 0.0403. The summed E-state index contributed by atoms with van der Waals surface area (Å²) in [5, 5.41) is 34.2. The zero-order chi connectivity index (χ0) is 43.1. The molecule has 0 spiro atoms. The molecule has 3 aliphatic heterocycles. The van der Waals surface area contributed by atoms with Gasteiger partial charge in [0.15, 0.2) is 0 Å². The fourth-order valence-corrected chi connectivity index (χ4v) is 9.53. The number of esters is 1. The molecule has 4 rings (SSSR count). The second kappa shape index (κ2) is 21.1. The first-order valence-corrected chi connectivity index (χ1v) is 21.1. The third kappa shape index (κ3) is 11.5. The minimum atomic E-state index is -2.54. The Morgan fingerprint density at radius 3 is 2.19 bits per heavy atom. The number of allylic oxidation sites excluding steroid dienone is 3. The maximum Gasteiger partial charge on any atom is 0.329 e. The van der Waals surface area contributed by atoms with Crippen LogP contribution in [0.5, 0.6) is 0 Å². The molecule has 0 aromatic heterocycles. The molecule has 14 atom stereocenters. The molecular formula is C44H69NO13. The first-order chi connectivity index (χ1) is 27.3. The molecule has 1 aliphatic carbocycles. The van der Waals surface area contributed by atoms with E-state index in [-0.39, 0.29) is 61.7 Å². The highest BCUT2D eigenvalue weighted by atomic mass is 16.7. The summed E-state index contributed by atoms with van der Waals surface area (Å²) in [4.78, 5) is 70.3. The number of carbonyl (C=O) groups excluding carboxylic acids is 5. The Bertz CT molecular complexity index is 1530. The number of aliphatic hydroxyl groups excluding tert-OH is 2. The Hall–Kier alpha value is -2.85. The molecule has 1 amide bonds. The number of nitrogens with zero attached hydrogens (tertiary/aromatic N) is 1. The van der Waals surface area contributed by atoms with Crippen LogP contribution in [0.2, 0.25) is 0 Å². The third-order valence-electron chi connectivity index (χ3n) is 13.0. The number of ketones is 3. The van der Waals surface area contributed by atoms with Crippen LogP contribution < -0.4 is 0 Å². The van der Waals surface area contributed by atoms with Gasteiger partial charge in [-0.25, -0.2) is 4.79 Å². The number of fused-ring (bicyclic) bond motifs is 3. The molecule has 328 valence electrons. The number of carbonyl (C=O) groups is 5. The molecule has 0 radical (unpaired) electrons. The average molecular weight is 820 g/mol. The van der Waals surface area contributed by atoms with E-state index >= 15 is 0 Å². The Morgan fingerprint density at radius 1 is 0.897 bits per heavy atom. The van der Waals surface area contributed by atoms with Gasteiger partial charge in [-0.2, -0.15) is 0 Å². The van der Waals surface area contributed by atoms with E-state index in [4.69, 9.17) is 23.7 Å². The van der Waals surface area contributed by atoms with Crippen molar-refractivity contribution >= 4 is 29.2 Å². The molecule has 14 nitrogen and oxygen atoms in total. The Labute approximate surface area is 344 Å². The van der Waals surface area contributed by atoms with Gasteiger partial charge in [-0.05, 0) is 96.0 Å². The molecule has 58 heavy (non-hydrogen) atoms. The molecule has 3 heterocycles. The second-order valence-corrected chi connectivity index (χ2v) is 17.7. The van der Waals surface area contributed by atoms with Gasteiger partial charge in [0, 0.05) is 58.5 Å². The van der Waals surface area contributed by atoms with Crippen LogP contribution in [0.4, 0.5) is 0 Å². The van der Waals surface area contributed by atoms with Crippen molar-refractivity contribution in [2.75, 3.05) is 27.9 Å². The number of Topliss-reactive ketones (excluding diaryl/α,β-unsaturated/α-hetero) is 3. The maximum atomic E-state index is 14.3. The first-order valence-electron chi connectivity index (χ1n) is 21.1. The molecular weight excluding hydrogens is 750 g/mol. The van der Waals surface area contributed by atoms with Gasteiger partial charge in [-0.15, -0.1) is 0 Å². The normalized spacial score (nSPS) is 40.5. The number of methoxy groups -OCH3 is 3. The monoisotopic (exact) mass is 819 g/mol. The number of hydrogen-bond acceptors (Lipinski definition) is 13. The van der Waals surface area contributed by atoms with Crippen molar-refractivity contribution in [3.8, 4) is 0 Å². The van der Waals surface area contributed by atoms with Crippen molar-refractivity contribution < 1.29 is 63.0 Å². The highest BCUT2D eigenvalue weighted by molar-refractivity contribution is 6.39. The number of rotatable bonds is 7. The summed E-state index contributed by atoms with van der Waals surface area (Å²) >= 11 is 0. The molecule has 2 bridgehead atoms. The predicted octanol–water partition coefficient (Wildman–Crippen LogP) is 4.04. The van der Waals surface area contributed by atoms with Crippen molar-refractivity contribution in [3.63, 3.8) is 0 Å². The first kappa shape index (κ1) is 47.8. The van der Waals surface area contributed by atoms with E-state index in [0.717, 1.165) is 10.5 Å². The van der Waals surface area contributed by atoms with E-state index in [1.165, 1.54) is 21.1 Å². The summed E-state index contributed by atoms with van der Waals surface area (Å²) in [5.74, 6) is -8.63. The molecule has 3 N–H and O–H groups in total. The summed E-state index contributed by atoms with van der Waals surface area (Å²) in [7, 11) is 4.55. The zero-order valence-corrected chi connectivity index (χ0v) is 36.0. The molecule has 0 aromatic rings. The van der Waals surface area contributed by atoms with Crippen LogP contribution >= 0.6 is 0 Å². The van der Waals surface area contributed by atoms with Crippen molar-refractivity contribution in [1.29, 1.82) is 0 Å². The van der Waals surface area contributed by atoms with Crippen molar-refractivity contribution in [1.82, 2.24) is 4.90 Å². The smallest absolute Gasteiger partial charge is 0.329 e. The SMILES string of the molecule is COC1CC(C=C(C)C2OC(=O)C3CCCCN3C(=O)C(=O)C3(O)OC(C(OC)CC(C)C/C(C)=C/C(CC(C)=O)C(=O)CC(O)C2C)C(OC)CC3C)CCC1O. The van der Waals surface area contributed by atoms with E-state index in [2.05, 4.69) is 0 Å². The molecule has 4 aliphatic rings. The maximum absolute atomic E-state index is 14.3.